The first-order chi connectivity index (χ1) is 24.4. The molecule has 0 bridgehead atoms. The molecule has 1 saturated carbocycles. The summed E-state index contributed by atoms with van der Waals surface area (Å²) in [5.74, 6) is -0.0751. The predicted molar refractivity (Wildman–Crippen MR) is 189 cm³/mol. The second kappa shape index (κ2) is 15.3. The van der Waals surface area contributed by atoms with Crippen molar-refractivity contribution in [1.82, 2.24) is 14.7 Å². The van der Waals surface area contributed by atoms with Crippen molar-refractivity contribution in [3.63, 3.8) is 0 Å². The summed E-state index contributed by atoms with van der Waals surface area (Å²) in [5.41, 5.74) is 0.465. The van der Waals surface area contributed by atoms with Crippen molar-refractivity contribution in [3.05, 3.63) is 59.2 Å². The molecule has 280 valence electrons. The number of rotatable bonds is 10. The fourth-order valence-electron chi connectivity index (χ4n) is 9.21. The molecule has 9 nitrogen and oxygen atoms in total. The lowest BCUT2D eigenvalue weighted by atomic mass is 9.83. The molecule has 51 heavy (non-hydrogen) atoms. The maximum absolute atomic E-state index is 15.0. The number of hydrogen-bond donors (Lipinski definition) is 0. The highest BCUT2D eigenvalue weighted by Gasteiger charge is 2.57. The van der Waals surface area contributed by atoms with E-state index in [1.807, 2.05) is 34.1 Å². The van der Waals surface area contributed by atoms with Crippen molar-refractivity contribution in [1.29, 1.82) is 0 Å². The van der Waals surface area contributed by atoms with Gasteiger partial charge in [0.25, 0.3) is 5.91 Å². The summed E-state index contributed by atoms with van der Waals surface area (Å²) in [5, 5.41) is 0. The molecule has 2 aromatic carbocycles. The average Bonchev–Trinajstić information content (AvgIpc) is 3.90. The van der Waals surface area contributed by atoms with Gasteiger partial charge in [-0.1, -0.05) is 31.0 Å². The van der Waals surface area contributed by atoms with Crippen LogP contribution < -0.4 is 9.64 Å². The topological polar surface area (TPSA) is 74.8 Å². The van der Waals surface area contributed by atoms with Crippen LogP contribution >= 0.6 is 0 Å². The lowest BCUT2D eigenvalue weighted by Gasteiger charge is -2.37. The Morgan fingerprint density at radius 2 is 1.61 bits per heavy atom. The van der Waals surface area contributed by atoms with Crippen molar-refractivity contribution < 1.29 is 37.0 Å². The van der Waals surface area contributed by atoms with Crippen LogP contribution in [0.3, 0.4) is 0 Å². The maximum atomic E-state index is 15.0. The third kappa shape index (κ3) is 7.46. The van der Waals surface area contributed by atoms with Crippen LogP contribution in [0, 0.1) is 11.8 Å². The molecular weight excluding hydrogens is 661 g/mol. The van der Waals surface area contributed by atoms with Crippen LogP contribution in [0.1, 0.15) is 67.1 Å². The normalized spacial score (nSPS) is 26.6. The zero-order valence-electron chi connectivity index (χ0n) is 30.6. The fourth-order valence-corrected chi connectivity index (χ4v) is 9.21. The Hall–Kier alpha value is -3.35. The summed E-state index contributed by atoms with van der Waals surface area (Å²) in [6, 6.07) is 12.3. The van der Waals surface area contributed by atoms with Crippen LogP contribution in [-0.4, -0.2) is 119 Å². The largest absolute Gasteiger partial charge is 0.497 e. The third-order valence-corrected chi connectivity index (χ3v) is 12.0. The lowest BCUT2D eigenvalue weighted by molar-refractivity contribution is -0.154. The van der Waals surface area contributed by atoms with Crippen LogP contribution in [0.15, 0.2) is 42.5 Å². The first-order valence-electron chi connectivity index (χ1n) is 18.3. The molecule has 3 heterocycles. The third-order valence-electron chi connectivity index (χ3n) is 12.0. The van der Waals surface area contributed by atoms with Gasteiger partial charge in [0.1, 0.15) is 5.75 Å². The lowest BCUT2D eigenvalue weighted by Crippen LogP contribution is -2.54. The molecule has 4 atom stereocenters. The minimum absolute atomic E-state index is 0.0439. The summed E-state index contributed by atoms with van der Waals surface area (Å²) in [4.78, 5) is 35.6. The average molecular weight is 715 g/mol. The number of alkyl halides is 3. The van der Waals surface area contributed by atoms with Gasteiger partial charge in [0.05, 0.1) is 19.3 Å². The molecule has 6 rings (SSSR count). The number of benzene rings is 2. The zero-order valence-corrected chi connectivity index (χ0v) is 30.6. The van der Waals surface area contributed by atoms with Gasteiger partial charge in [-0.25, -0.2) is 0 Å². The first-order valence-corrected chi connectivity index (χ1v) is 18.3. The predicted octanol–water partition coefficient (Wildman–Crippen LogP) is 5.63. The Labute approximate surface area is 300 Å². The summed E-state index contributed by atoms with van der Waals surface area (Å²) in [6.45, 7) is 3.21. The van der Waals surface area contributed by atoms with E-state index in [2.05, 4.69) is 4.90 Å². The number of carbonyl (C=O) groups excluding carboxylic acids is 2. The van der Waals surface area contributed by atoms with Gasteiger partial charge in [-0.15, -0.1) is 0 Å². The van der Waals surface area contributed by atoms with E-state index in [1.54, 1.807) is 46.4 Å². The highest BCUT2D eigenvalue weighted by Crippen LogP contribution is 2.47. The van der Waals surface area contributed by atoms with E-state index in [4.69, 9.17) is 14.2 Å². The zero-order chi connectivity index (χ0) is 36.5. The summed E-state index contributed by atoms with van der Waals surface area (Å²) >= 11 is 0. The van der Waals surface area contributed by atoms with Gasteiger partial charge in [-0.2, -0.15) is 13.2 Å². The van der Waals surface area contributed by atoms with Crippen molar-refractivity contribution in [2.75, 3.05) is 86.2 Å². The summed E-state index contributed by atoms with van der Waals surface area (Å²) in [6.07, 6.45) is 1.16. The Morgan fingerprint density at radius 3 is 2.20 bits per heavy atom. The number of amides is 2. The molecule has 4 aliphatic rings. The molecular formula is C39H53F3N4O5. The van der Waals surface area contributed by atoms with E-state index >= 15 is 4.79 Å². The number of anilines is 1. The van der Waals surface area contributed by atoms with Crippen molar-refractivity contribution >= 4 is 17.5 Å². The van der Waals surface area contributed by atoms with Crippen molar-refractivity contribution in [2.24, 2.45) is 11.8 Å². The molecule has 0 radical (unpaired) electrons. The van der Waals surface area contributed by atoms with Crippen LogP contribution in [0.25, 0.3) is 0 Å². The molecule has 2 amide bonds. The van der Waals surface area contributed by atoms with E-state index in [0.29, 0.717) is 70.4 Å². The smallest absolute Gasteiger partial charge is 0.416 e. The molecule has 1 aliphatic carbocycles. The number of ether oxygens (including phenoxy) is 3. The van der Waals surface area contributed by atoms with Crippen LogP contribution in [0.4, 0.5) is 18.9 Å². The number of nitrogens with zero attached hydrogens (tertiary/aromatic N) is 4. The highest BCUT2D eigenvalue weighted by molar-refractivity contribution is 5.88. The standard InChI is InChI=1S/C39H53F3N4O5/c1-43(2)36(47)27-16-18-44(19-17-27)35-20-29(39(40,41)42)12-15-32(35)33-22-45(21-28(33)24-49-3)37(48)38(51-5)25-46(30-8-6-7-9-30)23-34(38)26-10-13-31(50-4)14-11-26/h10-15,20,27-28,30,33-34H,6-9,16-19,21-25H2,1-5H3/t28-,33+,34+,38+/m1/s1. The van der Waals surface area contributed by atoms with Gasteiger partial charge in [-0.05, 0) is 61.1 Å². The van der Waals surface area contributed by atoms with E-state index in [1.165, 1.54) is 18.9 Å². The fraction of sp³-hybridized carbons (Fsp3) is 0.641. The second-order valence-electron chi connectivity index (χ2n) is 15.1. The number of likely N-dealkylation sites (tertiary alicyclic amines) is 2. The number of hydrogen-bond acceptors (Lipinski definition) is 7. The molecule has 0 N–H and O–H groups in total. The molecule has 2 aromatic rings. The Kier molecular flexibility index (Phi) is 11.2. The summed E-state index contributed by atoms with van der Waals surface area (Å²) < 4.78 is 59.8. The molecule has 4 fully saturated rings. The van der Waals surface area contributed by atoms with Crippen LogP contribution in [0.5, 0.6) is 5.75 Å². The van der Waals surface area contributed by atoms with E-state index in [0.717, 1.165) is 35.8 Å². The number of piperidine rings is 1. The molecule has 0 unspecified atom stereocenters. The minimum atomic E-state index is -4.51. The maximum Gasteiger partial charge on any atom is 0.416 e. The number of carbonyl (C=O) groups is 2. The SMILES string of the molecule is COC[C@H]1CN(C(=O)[C@]2(OC)CN(C3CCCC3)C[C@H]2c2ccc(OC)cc2)C[C@@H]1c1ccc(C(F)(F)F)cc1N1CCC(C(=O)N(C)C)CC1. The van der Waals surface area contributed by atoms with E-state index < -0.39 is 17.3 Å². The van der Waals surface area contributed by atoms with E-state index in [9.17, 15) is 18.0 Å². The van der Waals surface area contributed by atoms with Gasteiger partial charge in [0.15, 0.2) is 5.60 Å². The molecule has 12 heteroatoms. The Morgan fingerprint density at radius 1 is 0.922 bits per heavy atom. The Balaban J connectivity index is 1.32. The highest BCUT2D eigenvalue weighted by atomic mass is 19.4. The van der Waals surface area contributed by atoms with Crippen molar-refractivity contribution in [3.8, 4) is 5.75 Å². The number of methoxy groups -OCH3 is 3. The molecule has 3 aliphatic heterocycles. The van der Waals surface area contributed by atoms with Crippen LogP contribution in [-0.2, 0) is 25.2 Å². The van der Waals surface area contributed by atoms with E-state index in [-0.39, 0.29) is 35.5 Å². The van der Waals surface area contributed by atoms with Crippen LogP contribution in [0.2, 0.25) is 0 Å². The first kappa shape index (κ1) is 37.4. The van der Waals surface area contributed by atoms with Gasteiger partial charge in [-0.3, -0.25) is 14.5 Å². The molecule has 0 spiro atoms. The van der Waals surface area contributed by atoms with Gasteiger partial charge >= 0.3 is 6.18 Å². The number of halogens is 3. The summed E-state index contributed by atoms with van der Waals surface area (Å²) in [7, 11) is 8.34. The van der Waals surface area contributed by atoms with Gasteiger partial charge in [0.2, 0.25) is 5.91 Å². The minimum Gasteiger partial charge on any atom is -0.497 e. The van der Waals surface area contributed by atoms with Gasteiger partial charge < -0.3 is 28.9 Å². The van der Waals surface area contributed by atoms with Crippen molar-refractivity contribution in [2.45, 2.75) is 68.2 Å². The molecule has 0 aromatic heterocycles. The Bertz CT molecular complexity index is 1520. The second-order valence-corrected chi connectivity index (χ2v) is 15.1. The monoisotopic (exact) mass is 714 g/mol. The quantitative estimate of drug-likeness (QED) is 0.316. The molecule has 3 saturated heterocycles. The van der Waals surface area contributed by atoms with Gasteiger partial charge in [0, 0.05) is 103 Å².